The molecule has 0 saturated heterocycles. The summed E-state index contributed by atoms with van der Waals surface area (Å²) in [7, 11) is 0. The molecule has 0 fully saturated rings. The molecule has 2 rings (SSSR count). The molecule has 1 N–H and O–H groups in total. The first-order valence-corrected chi connectivity index (χ1v) is 6.95. The van der Waals surface area contributed by atoms with Crippen molar-refractivity contribution in [2.75, 3.05) is 0 Å². The van der Waals surface area contributed by atoms with Crippen LogP contribution in [0.4, 0.5) is 0 Å². The standard InChI is InChI=1S/C15H12BrNO4/c16-11-5-3-10(4-6-11)9-17-7-1-2-12(17)13(18)8-14(19)15(20)21/h1-7H,8-9H2,(H,20,21). The average molecular weight is 350 g/mol. The highest BCUT2D eigenvalue weighted by Gasteiger charge is 2.19. The Morgan fingerprint density at radius 3 is 2.38 bits per heavy atom. The maximum atomic E-state index is 12.0. The summed E-state index contributed by atoms with van der Waals surface area (Å²) < 4.78 is 2.66. The van der Waals surface area contributed by atoms with Crippen molar-refractivity contribution < 1.29 is 19.5 Å². The molecule has 0 bridgehead atoms. The minimum absolute atomic E-state index is 0.326. The maximum Gasteiger partial charge on any atom is 0.372 e. The van der Waals surface area contributed by atoms with Gasteiger partial charge in [-0.1, -0.05) is 28.1 Å². The van der Waals surface area contributed by atoms with Crippen LogP contribution in [0, 0.1) is 0 Å². The van der Waals surface area contributed by atoms with E-state index < -0.39 is 24.0 Å². The van der Waals surface area contributed by atoms with Crippen LogP contribution in [0.5, 0.6) is 0 Å². The van der Waals surface area contributed by atoms with Gasteiger partial charge in [-0.25, -0.2) is 4.79 Å². The van der Waals surface area contributed by atoms with Crippen LogP contribution in [0.1, 0.15) is 22.5 Å². The van der Waals surface area contributed by atoms with Crippen LogP contribution >= 0.6 is 15.9 Å². The van der Waals surface area contributed by atoms with Crippen LogP contribution in [0.3, 0.4) is 0 Å². The molecule has 0 radical (unpaired) electrons. The van der Waals surface area contributed by atoms with Gasteiger partial charge < -0.3 is 9.67 Å². The molecule has 1 aromatic carbocycles. The van der Waals surface area contributed by atoms with E-state index in [4.69, 9.17) is 5.11 Å². The van der Waals surface area contributed by atoms with Gasteiger partial charge in [-0.15, -0.1) is 0 Å². The molecular formula is C15H12BrNO4. The second kappa shape index (κ2) is 6.49. The van der Waals surface area contributed by atoms with Crippen molar-refractivity contribution in [3.05, 3.63) is 58.3 Å². The molecule has 0 atom stereocenters. The molecule has 0 aliphatic carbocycles. The van der Waals surface area contributed by atoms with Crippen LogP contribution in [0.2, 0.25) is 0 Å². The lowest BCUT2D eigenvalue weighted by molar-refractivity contribution is -0.148. The van der Waals surface area contributed by atoms with E-state index in [0.29, 0.717) is 12.2 Å². The Balaban J connectivity index is 2.14. The number of hydrogen-bond acceptors (Lipinski definition) is 3. The lowest BCUT2D eigenvalue weighted by atomic mass is 10.1. The molecule has 0 aliphatic rings. The summed E-state index contributed by atoms with van der Waals surface area (Å²) >= 11 is 3.35. The Morgan fingerprint density at radius 2 is 1.76 bits per heavy atom. The van der Waals surface area contributed by atoms with Crippen molar-refractivity contribution in [2.45, 2.75) is 13.0 Å². The van der Waals surface area contributed by atoms with Crippen molar-refractivity contribution in [3.8, 4) is 0 Å². The molecule has 1 aromatic heterocycles. The molecule has 108 valence electrons. The number of aliphatic carboxylic acids is 1. The smallest absolute Gasteiger partial charge is 0.372 e. The number of carboxylic acid groups (broad SMARTS) is 1. The van der Waals surface area contributed by atoms with Crippen LogP contribution in [0.15, 0.2) is 47.1 Å². The fraction of sp³-hybridized carbons (Fsp3) is 0.133. The van der Waals surface area contributed by atoms with Crippen LogP contribution in [-0.2, 0) is 16.1 Å². The van der Waals surface area contributed by atoms with Gasteiger partial charge in [-0.2, -0.15) is 0 Å². The molecule has 2 aromatic rings. The normalized spacial score (nSPS) is 10.3. The summed E-state index contributed by atoms with van der Waals surface area (Å²) in [5.74, 6) is -3.18. The number of carbonyl (C=O) groups is 3. The highest BCUT2D eigenvalue weighted by molar-refractivity contribution is 9.10. The van der Waals surface area contributed by atoms with E-state index >= 15 is 0 Å². The lowest BCUT2D eigenvalue weighted by Crippen LogP contribution is -2.19. The molecule has 0 unspecified atom stereocenters. The molecule has 0 amide bonds. The first-order valence-electron chi connectivity index (χ1n) is 6.16. The number of rotatable bonds is 6. The van der Waals surface area contributed by atoms with E-state index in [1.54, 1.807) is 22.9 Å². The van der Waals surface area contributed by atoms with E-state index in [-0.39, 0.29) is 0 Å². The number of Topliss-reactive ketones (excluding diaryl/α,β-unsaturated/α-hetero) is 2. The minimum atomic E-state index is -1.59. The Labute approximate surface area is 129 Å². The number of hydrogen-bond donors (Lipinski definition) is 1. The van der Waals surface area contributed by atoms with Gasteiger partial charge in [0.15, 0.2) is 5.78 Å². The summed E-state index contributed by atoms with van der Waals surface area (Å²) in [5.41, 5.74) is 1.32. The van der Waals surface area contributed by atoms with E-state index in [1.165, 1.54) is 0 Å². The zero-order chi connectivity index (χ0) is 15.4. The Morgan fingerprint density at radius 1 is 1.10 bits per heavy atom. The monoisotopic (exact) mass is 349 g/mol. The quantitative estimate of drug-likeness (QED) is 0.493. The molecule has 21 heavy (non-hydrogen) atoms. The number of benzene rings is 1. The molecule has 0 spiro atoms. The van der Waals surface area contributed by atoms with Gasteiger partial charge in [0.2, 0.25) is 5.78 Å². The summed E-state index contributed by atoms with van der Waals surface area (Å²) in [6, 6.07) is 10.9. The highest BCUT2D eigenvalue weighted by Crippen LogP contribution is 2.14. The fourth-order valence-corrected chi connectivity index (χ4v) is 2.17. The topological polar surface area (TPSA) is 76.4 Å². The Kier molecular flexibility index (Phi) is 4.70. The summed E-state index contributed by atoms with van der Waals surface area (Å²) in [6.07, 6.45) is 1.10. The Hall–Kier alpha value is -2.21. The van der Waals surface area contributed by atoms with Crippen LogP contribution in [0.25, 0.3) is 0 Å². The number of ketones is 2. The van der Waals surface area contributed by atoms with Gasteiger partial charge in [0.25, 0.3) is 0 Å². The Bertz CT molecular complexity index is 688. The third kappa shape index (κ3) is 3.88. The van der Waals surface area contributed by atoms with Crippen molar-refractivity contribution in [2.24, 2.45) is 0 Å². The van der Waals surface area contributed by atoms with Crippen LogP contribution in [-0.4, -0.2) is 27.2 Å². The average Bonchev–Trinajstić information content (AvgIpc) is 2.89. The summed E-state index contributed by atoms with van der Waals surface area (Å²) in [4.78, 5) is 33.6. The highest BCUT2D eigenvalue weighted by atomic mass is 79.9. The van der Waals surface area contributed by atoms with Gasteiger partial charge in [-0.3, -0.25) is 9.59 Å². The molecule has 1 heterocycles. The zero-order valence-corrected chi connectivity index (χ0v) is 12.5. The second-order valence-corrected chi connectivity index (χ2v) is 5.39. The summed E-state index contributed by atoms with van der Waals surface area (Å²) in [5, 5.41) is 8.55. The third-order valence-electron chi connectivity index (χ3n) is 2.94. The molecule has 0 aliphatic heterocycles. The van der Waals surface area contributed by atoms with E-state index in [2.05, 4.69) is 15.9 Å². The second-order valence-electron chi connectivity index (χ2n) is 4.48. The van der Waals surface area contributed by atoms with Gasteiger partial charge in [-0.05, 0) is 29.8 Å². The van der Waals surface area contributed by atoms with Crippen molar-refractivity contribution in [1.82, 2.24) is 4.57 Å². The first kappa shape index (κ1) is 15.2. The maximum absolute atomic E-state index is 12.0. The molecule has 6 heteroatoms. The molecular weight excluding hydrogens is 338 g/mol. The third-order valence-corrected chi connectivity index (χ3v) is 3.47. The lowest BCUT2D eigenvalue weighted by Gasteiger charge is -2.08. The number of carbonyl (C=O) groups excluding carboxylic acids is 2. The van der Waals surface area contributed by atoms with Crippen molar-refractivity contribution in [1.29, 1.82) is 0 Å². The summed E-state index contributed by atoms with van der Waals surface area (Å²) in [6.45, 7) is 0.475. The SMILES string of the molecule is O=C(O)C(=O)CC(=O)c1cccn1Cc1ccc(Br)cc1. The molecule has 0 saturated carbocycles. The number of nitrogens with zero attached hydrogens (tertiary/aromatic N) is 1. The number of halogens is 1. The van der Waals surface area contributed by atoms with Gasteiger partial charge in [0.05, 0.1) is 12.1 Å². The minimum Gasteiger partial charge on any atom is -0.475 e. The van der Waals surface area contributed by atoms with E-state index in [0.717, 1.165) is 10.0 Å². The van der Waals surface area contributed by atoms with Crippen LogP contribution < -0.4 is 0 Å². The van der Waals surface area contributed by atoms with Crippen molar-refractivity contribution >= 4 is 33.5 Å². The van der Waals surface area contributed by atoms with Crippen molar-refractivity contribution in [3.63, 3.8) is 0 Å². The first-order chi connectivity index (χ1) is 9.97. The predicted molar refractivity (Wildman–Crippen MR) is 79.3 cm³/mol. The van der Waals surface area contributed by atoms with Gasteiger partial charge >= 0.3 is 5.97 Å². The fourth-order valence-electron chi connectivity index (χ4n) is 1.90. The number of carboxylic acids is 1. The molecule has 5 nitrogen and oxygen atoms in total. The van der Waals surface area contributed by atoms with Gasteiger partial charge in [0.1, 0.15) is 0 Å². The van der Waals surface area contributed by atoms with E-state index in [9.17, 15) is 14.4 Å². The van der Waals surface area contributed by atoms with Gasteiger partial charge in [0, 0.05) is 17.2 Å². The number of aromatic nitrogens is 1. The zero-order valence-electron chi connectivity index (χ0n) is 11.0. The largest absolute Gasteiger partial charge is 0.475 e. The predicted octanol–water partition coefficient (Wildman–Crippen LogP) is 2.53. The van der Waals surface area contributed by atoms with E-state index in [1.807, 2.05) is 24.3 Å².